The van der Waals surface area contributed by atoms with E-state index in [0.717, 1.165) is 34.7 Å². The van der Waals surface area contributed by atoms with Crippen LogP contribution in [0.3, 0.4) is 0 Å². The minimum atomic E-state index is 0.517. The van der Waals surface area contributed by atoms with E-state index in [0.29, 0.717) is 11.8 Å². The highest BCUT2D eigenvalue weighted by atomic mass is 16.4. The number of nitrogens with one attached hydrogen (secondary N) is 1. The summed E-state index contributed by atoms with van der Waals surface area (Å²) in [4.78, 5) is 4.74. The van der Waals surface area contributed by atoms with E-state index in [2.05, 4.69) is 52.1 Å². The molecule has 0 fully saturated rings. The summed E-state index contributed by atoms with van der Waals surface area (Å²) in [6, 6.07) is 10.5. The number of benzene rings is 2. The number of rotatable bonds is 4. The van der Waals surface area contributed by atoms with Crippen molar-refractivity contribution in [3.63, 3.8) is 0 Å². The lowest BCUT2D eigenvalue weighted by atomic mass is 10.0. The summed E-state index contributed by atoms with van der Waals surface area (Å²) in [5.41, 5.74) is 7.68. The highest BCUT2D eigenvalue weighted by molar-refractivity contribution is 5.92. The quantitative estimate of drug-likeness (QED) is 0.581. The van der Waals surface area contributed by atoms with E-state index in [1.165, 1.54) is 16.7 Å². The number of aromatic nitrogens is 4. The van der Waals surface area contributed by atoms with E-state index < -0.39 is 0 Å². The van der Waals surface area contributed by atoms with Crippen LogP contribution in [0.15, 0.2) is 34.7 Å². The average Bonchev–Trinajstić information content (AvgIpc) is 3.19. The van der Waals surface area contributed by atoms with Crippen LogP contribution in [0.1, 0.15) is 28.4 Å². The third-order valence-electron chi connectivity index (χ3n) is 5.08. The van der Waals surface area contributed by atoms with E-state index in [4.69, 9.17) is 9.40 Å². The van der Waals surface area contributed by atoms with E-state index in [1.807, 2.05) is 26.1 Å². The Morgan fingerprint density at radius 1 is 1.04 bits per heavy atom. The van der Waals surface area contributed by atoms with Gasteiger partial charge in [-0.1, -0.05) is 18.2 Å². The maximum Gasteiger partial charge on any atom is 0.247 e. The molecule has 0 aliphatic rings. The summed E-state index contributed by atoms with van der Waals surface area (Å²) in [6.45, 7) is 8.81. The molecular formula is C21H23N5O. The van der Waals surface area contributed by atoms with Gasteiger partial charge in [0.25, 0.3) is 0 Å². The number of imidazole rings is 1. The van der Waals surface area contributed by atoms with Crippen LogP contribution < -0.4 is 5.32 Å². The van der Waals surface area contributed by atoms with E-state index >= 15 is 0 Å². The van der Waals surface area contributed by atoms with Gasteiger partial charge < -0.3 is 14.3 Å². The van der Waals surface area contributed by atoms with Crippen LogP contribution in [0.25, 0.3) is 22.5 Å². The Bertz CT molecular complexity index is 1120. The van der Waals surface area contributed by atoms with Crippen molar-refractivity contribution in [2.24, 2.45) is 7.05 Å². The predicted molar refractivity (Wildman–Crippen MR) is 107 cm³/mol. The standard InChI is InChI=1S/C21H23N5O/c1-12-7-6-8-13(2)17(12)11-22-18-9-16(21-25-24-15(4)27-21)10-19-20(18)23-14(3)26(19)5/h6-10,22H,11H2,1-5H3. The number of nitrogens with zero attached hydrogens (tertiary/aromatic N) is 4. The number of aryl methyl sites for hydroxylation is 5. The first-order chi connectivity index (χ1) is 12.9. The van der Waals surface area contributed by atoms with Gasteiger partial charge in [-0.25, -0.2) is 4.98 Å². The number of anilines is 1. The molecule has 138 valence electrons. The zero-order chi connectivity index (χ0) is 19.1. The third kappa shape index (κ3) is 3.07. The van der Waals surface area contributed by atoms with E-state index in [9.17, 15) is 0 Å². The second kappa shape index (κ2) is 6.54. The molecule has 4 aromatic rings. The second-order valence-corrected chi connectivity index (χ2v) is 6.96. The number of hydrogen-bond acceptors (Lipinski definition) is 5. The Kier molecular flexibility index (Phi) is 4.18. The molecule has 0 saturated heterocycles. The second-order valence-electron chi connectivity index (χ2n) is 6.96. The number of hydrogen-bond donors (Lipinski definition) is 1. The Morgan fingerprint density at radius 2 is 1.78 bits per heavy atom. The van der Waals surface area contributed by atoms with Gasteiger partial charge in [-0.15, -0.1) is 10.2 Å². The fourth-order valence-electron chi connectivity index (χ4n) is 3.39. The predicted octanol–water partition coefficient (Wildman–Crippen LogP) is 4.47. The average molecular weight is 361 g/mol. The zero-order valence-corrected chi connectivity index (χ0v) is 16.3. The van der Waals surface area contributed by atoms with Gasteiger partial charge >= 0.3 is 0 Å². The van der Waals surface area contributed by atoms with Crippen molar-refractivity contribution in [1.29, 1.82) is 0 Å². The van der Waals surface area contributed by atoms with Crippen LogP contribution >= 0.6 is 0 Å². The molecule has 2 heterocycles. The molecular weight excluding hydrogens is 338 g/mol. The molecule has 6 nitrogen and oxygen atoms in total. The third-order valence-corrected chi connectivity index (χ3v) is 5.08. The van der Waals surface area contributed by atoms with E-state index in [-0.39, 0.29) is 0 Å². The van der Waals surface area contributed by atoms with Crippen molar-refractivity contribution in [2.45, 2.75) is 34.2 Å². The van der Waals surface area contributed by atoms with Crippen molar-refractivity contribution in [1.82, 2.24) is 19.7 Å². The SMILES string of the molecule is Cc1nnc(-c2cc(NCc3c(C)cccc3C)c3nc(C)n(C)c3c2)o1. The Morgan fingerprint density at radius 3 is 2.44 bits per heavy atom. The minimum absolute atomic E-state index is 0.517. The monoisotopic (exact) mass is 361 g/mol. The molecule has 27 heavy (non-hydrogen) atoms. The molecule has 4 rings (SSSR count). The Labute approximate surface area is 158 Å². The first-order valence-corrected chi connectivity index (χ1v) is 9.00. The van der Waals surface area contributed by atoms with Gasteiger partial charge in [0, 0.05) is 26.1 Å². The van der Waals surface area contributed by atoms with Gasteiger partial charge in [-0.2, -0.15) is 0 Å². The lowest BCUT2D eigenvalue weighted by molar-refractivity contribution is 0.533. The molecule has 0 aliphatic heterocycles. The molecule has 0 unspecified atom stereocenters. The van der Waals surface area contributed by atoms with Crippen LogP contribution in [0, 0.1) is 27.7 Å². The summed E-state index contributed by atoms with van der Waals surface area (Å²) < 4.78 is 7.72. The molecule has 0 bridgehead atoms. The van der Waals surface area contributed by atoms with E-state index in [1.54, 1.807) is 6.92 Å². The zero-order valence-electron chi connectivity index (χ0n) is 16.3. The maximum absolute atomic E-state index is 5.64. The van der Waals surface area contributed by atoms with Crippen LogP contribution in [0.2, 0.25) is 0 Å². The first-order valence-electron chi connectivity index (χ1n) is 9.00. The molecule has 6 heteroatoms. The molecule has 0 atom stereocenters. The van der Waals surface area contributed by atoms with Crippen molar-refractivity contribution in [3.8, 4) is 11.5 Å². The molecule has 2 aromatic heterocycles. The molecule has 0 amide bonds. The summed E-state index contributed by atoms with van der Waals surface area (Å²) in [5, 5.41) is 11.7. The summed E-state index contributed by atoms with van der Waals surface area (Å²) in [5.74, 6) is 2.03. The molecule has 1 N–H and O–H groups in total. The van der Waals surface area contributed by atoms with Crippen LogP contribution in [-0.2, 0) is 13.6 Å². The van der Waals surface area contributed by atoms with Crippen molar-refractivity contribution in [2.75, 3.05) is 5.32 Å². The van der Waals surface area contributed by atoms with Crippen LogP contribution in [-0.4, -0.2) is 19.7 Å². The normalized spacial score (nSPS) is 11.3. The highest BCUT2D eigenvalue weighted by Gasteiger charge is 2.15. The van der Waals surface area contributed by atoms with Gasteiger partial charge in [0.05, 0.1) is 11.2 Å². The number of fused-ring (bicyclic) bond motifs is 1. The molecule has 0 saturated carbocycles. The van der Waals surface area contributed by atoms with Crippen molar-refractivity contribution < 1.29 is 4.42 Å². The van der Waals surface area contributed by atoms with Crippen molar-refractivity contribution >= 4 is 16.7 Å². The molecule has 0 spiro atoms. The lowest BCUT2D eigenvalue weighted by Gasteiger charge is -2.13. The van der Waals surface area contributed by atoms with Crippen LogP contribution in [0.5, 0.6) is 0 Å². The van der Waals surface area contributed by atoms with Gasteiger partial charge in [0.1, 0.15) is 11.3 Å². The summed E-state index contributed by atoms with van der Waals surface area (Å²) in [6.07, 6.45) is 0. The molecule has 0 radical (unpaired) electrons. The summed E-state index contributed by atoms with van der Waals surface area (Å²) >= 11 is 0. The Balaban J connectivity index is 1.80. The maximum atomic E-state index is 5.64. The highest BCUT2D eigenvalue weighted by Crippen LogP contribution is 2.31. The Hall–Kier alpha value is -3.15. The lowest BCUT2D eigenvalue weighted by Crippen LogP contribution is -2.04. The first kappa shape index (κ1) is 17.3. The topological polar surface area (TPSA) is 68.8 Å². The molecule has 2 aromatic carbocycles. The fourth-order valence-corrected chi connectivity index (χ4v) is 3.39. The van der Waals surface area contributed by atoms with Gasteiger partial charge in [-0.3, -0.25) is 0 Å². The van der Waals surface area contributed by atoms with Gasteiger partial charge in [0.2, 0.25) is 11.8 Å². The smallest absolute Gasteiger partial charge is 0.247 e. The van der Waals surface area contributed by atoms with Crippen molar-refractivity contribution in [3.05, 3.63) is 58.7 Å². The summed E-state index contributed by atoms with van der Waals surface area (Å²) in [7, 11) is 2.02. The van der Waals surface area contributed by atoms with Crippen LogP contribution in [0.4, 0.5) is 5.69 Å². The largest absolute Gasteiger partial charge is 0.421 e. The van der Waals surface area contributed by atoms with Gasteiger partial charge in [-0.05, 0) is 49.6 Å². The van der Waals surface area contributed by atoms with Gasteiger partial charge in [0.15, 0.2) is 0 Å². The fraction of sp³-hybridized carbons (Fsp3) is 0.286. The minimum Gasteiger partial charge on any atom is -0.421 e. The molecule has 0 aliphatic carbocycles.